The molecule has 0 fully saturated rings. The van der Waals surface area contributed by atoms with Gasteiger partial charge in [0.2, 0.25) is 0 Å². The highest BCUT2D eigenvalue weighted by Crippen LogP contribution is 2.46. The minimum Gasteiger partial charge on any atom is -0.348 e. The van der Waals surface area contributed by atoms with Crippen molar-refractivity contribution in [1.29, 1.82) is 0 Å². The fourth-order valence-electron chi connectivity index (χ4n) is 3.95. The van der Waals surface area contributed by atoms with Gasteiger partial charge in [0.1, 0.15) is 0 Å². The van der Waals surface area contributed by atoms with E-state index in [0.29, 0.717) is 6.54 Å². The summed E-state index contributed by atoms with van der Waals surface area (Å²) in [7, 11) is 0. The molecule has 3 rings (SSSR count). The standard InChI is InChI=1S/C24H31NO/c1-16-7-9-18(10-8-16)15-25-22(26)19-14-21-20(13-17(19)2)23(3,4)11-12-24(21,5)6/h7-10,13-14H,11-12,15H2,1-6H3,(H,25,26). The Morgan fingerprint density at radius 2 is 1.46 bits per heavy atom. The number of hydrogen-bond acceptors (Lipinski definition) is 1. The summed E-state index contributed by atoms with van der Waals surface area (Å²) >= 11 is 0. The number of hydrogen-bond donors (Lipinski definition) is 1. The van der Waals surface area contributed by atoms with Crippen molar-refractivity contribution in [2.45, 2.75) is 71.8 Å². The number of carbonyl (C=O) groups excluding carboxylic acids is 1. The van der Waals surface area contributed by atoms with Crippen molar-refractivity contribution in [2.24, 2.45) is 0 Å². The van der Waals surface area contributed by atoms with Gasteiger partial charge < -0.3 is 5.32 Å². The largest absolute Gasteiger partial charge is 0.348 e. The molecule has 1 amide bonds. The Morgan fingerprint density at radius 1 is 0.923 bits per heavy atom. The maximum atomic E-state index is 12.9. The number of rotatable bonds is 3. The van der Waals surface area contributed by atoms with Gasteiger partial charge in [-0.2, -0.15) is 0 Å². The van der Waals surface area contributed by atoms with Crippen LogP contribution in [0.2, 0.25) is 0 Å². The molecule has 0 heterocycles. The number of amides is 1. The summed E-state index contributed by atoms with van der Waals surface area (Å²) < 4.78 is 0. The van der Waals surface area contributed by atoms with Crippen LogP contribution in [-0.2, 0) is 17.4 Å². The van der Waals surface area contributed by atoms with Gasteiger partial charge in [0.25, 0.3) is 5.91 Å². The Hall–Kier alpha value is -2.09. The first-order chi connectivity index (χ1) is 12.1. The molecule has 1 aliphatic rings. The van der Waals surface area contributed by atoms with Crippen LogP contribution in [0.4, 0.5) is 0 Å². The number of benzene rings is 2. The molecule has 0 unspecified atom stereocenters. The normalized spacial score (nSPS) is 17.5. The summed E-state index contributed by atoms with van der Waals surface area (Å²) in [4.78, 5) is 12.9. The van der Waals surface area contributed by atoms with E-state index < -0.39 is 0 Å². The van der Waals surface area contributed by atoms with E-state index >= 15 is 0 Å². The van der Waals surface area contributed by atoms with E-state index in [9.17, 15) is 4.79 Å². The topological polar surface area (TPSA) is 29.1 Å². The summed E-state index contributed by atoms with van der Waals surface area (Å²) in [5, 5.41) is 3.09. The van der Waals surface area contributed by atoms with Crippen molar-refractivity contribution < 1.29 is 4.79 Å². The van der Waals surface area contributed by atoms with E-state index in [-0.39, 0.29) is 16.7 Å². The average Bonchev–Trinajstić information content (AvgIpc) is 2.58. The Kier molecular flexibility index (Phi) is 4.72. The van der Waals surface area contributed by atoms with Crippen molar-refractivity contribution in [3.63, 3.8) is 0 Å². The van der Waals surface area contributed by atoms with Crippen molar-refractivity contribution in [2.75, 3.05) is 0 Å². The minimum atomic E-state index is 0.0186. The molecule has 0 aliphatic heterocycles. The SMILES string of the molecule is Cc1ccc(CNC(=O)c2cc3c(cc2C)C(C)(C)CCC3(C)C)cc1. The van der Waals surface area contributed by atoms with Gasteiger partial charge >= 0.3 is 0 Å². The van der Waals surface area contributed by atoms with Gasteiger partial charge in [-0.3, -0.25) is 4.79 Å². The Bertz CT molecular complexity index is 828. The molecule has 0 spiro atoms. The lowest BCUT2D eigenvalue weighted by Gasteiger charge is -2.42. The van der Waals surface area contributed by atoms with Crippen molar-refractivity contribution in [1.82, 2.24) is 5.32 Å². The first kappa shape index (κ1) is 18.7. The highest BCUT2D eigenvalue weighted by Gasteiger charge is 2.37. The zero-order chi connectivity index (χ0) is 19.1. The summed E-state index contributed by atoms with van der Waals surface area (Å²) in [6.45, 7) is 13.9. The lowest BCUT2D eigenvalue weighted by Crippen LogP contribution is -2.35. The first-order valence-corrected chi connectivity index (χ1v) is 9.59. The molecule has 2 aromatic rings. The number of aryl methyl sites for hydroxylation is 2. The Labute approximate surface area is 158 Å². The molecule has 2 aromatic carbocycles. The van der Waals surface area contributed by atoms with Crippen LogP contribution in [0.3, 0.4) is 0 Å². The molecule has 0 bridgehead atoms. The number of fused-ring (bicyclic) bond motifs is 1. The molecule has 2 heteroatoms. The maximum absolute atomic E-state index is 12.9. The van der Waals surface area contributed by atoms with Gasteiger partial charge in [0.15, 0.2) is 0 Å². The van der Waals surface area contributed by atoms with Crippen molar-refractivity contribution in [3.8, 4) is 0 Å². The second kappa shape index (κ2) is 6.57. The van der Waals surface area contributed by atoms with Gasteiger partial charge in [-0.05, 0) is 65.8 Å². The van der Waals surface area contributed by atoms with E-state index in [2.05, 4.69) is 83.3 Å². The second-order valence-electron chi connectivity index (χ2n) is 9.15. The third-order valence-electron chi connectivity index (χ3n) is 6.02. The fourth-order valence-corrected chi connectivity index (χ4v) is 3.95. The maximum Gasteiger partial charge on any atom is 0.251 e. The lowest BCUT2D eigenvalue weighted by molar-refractivity contribution is 0.0950. The first-order valence-electron chi connectivity index (χ1n) is 9.59. The molecule has 2 nitrogen and oxygen atoms in total. The molecule has 0 saturated carbocycles. The molecular formula is C24H31NO. The zero-order valence-corrected chi connectivity index (χ0v) is 17.0. The van der Waals surface area contributed by atoms with Crippen LogP contribution in [0.15, 0.2) is 36.4 Å². The minimum absolute atomic E-state index is 0.0186. The molecule has 138 valence electrons. The molecule has 0 radical (unpaired) electrons. The summed E-state index contributed by atoms with van der Waals surface area (Å²) in [6, 6.07) is 12.7. The van der Waals surface area contributed by atoms with Crippen LogP contribution in [0.5, 0.6) is 0 Å². The number of carbonyl (C=O) groups is 1. The van der Waals surface area contributed by atoms with Gasteiger partial charge in [-0.15, -0.1) is 0 Å². The van der Waals surface area contributed by atoms with Crippen LogP contribution in [0.25, 0.3) is 0 Å². The van der Waals surface area contributed by atoms with Crippen LogP contribution in [0, 0.1) is 13.8 Å². The predicted molar refractivity (Wildman–Crippen MR) is 109 cm³/mol. The van der Waals surface area contributed by atoms with Crippen LogP contribution >= 0.6 is 0 Å². The van der Waals surface area contributed by atoms with Crippen LogP contribution in [-0.4, -0.2) is 5.91 Å². The van der Waals surface area contributed by atoms with Crippen LogP contribution in [0.1, 0.15) is 78.7 Å². The van der Waals surface area contributed by atoms with E-state index in [1.165, 1.54) is 23.1 Å². The summed E-state index contributed by atoms with van der Waals surface area (Å²) in [5.74, 6) is 0.0186. The van der Waals surface area contributed by atoms with Gasteiger partial charge in [-0.25, -0.2) is 0 Å². The van der Waals surface area contributed by atoms with E-state index in [4.69, 9.17) is 0 Å². The molecule has 0 saturated heterocycles. The predicted octanol–water partition coefficient (Wildman–Crippen LogP) is 5.58. The van der Waals surface area contributed by atoms with E-state index in [1.54, 1.807) is 0 Å². The van der Waals surface area contributed by atoms with Crippen molar-refractivity contribution >= 4 is 5.91 Å². The van der Waals surface area contributed by atoms with Gasteiger partial charge in [0, 0.05) is 12.1 Å². The van der Waals surface area contributed by atoms with Gasteiger partial charge in [-0.1, -0.05) is 63.6 Å². The highest BCUT2D eigenvalue weighted by atomic mass is 16.1. The average molecular weight is 350 g/mol. The number of nitrogens with one attached hydrogen (secondary N) is 1. The molecular weight excluding hydrogens is 318 g/mol. The second-order valence-corrected chi connectivity index (χ2v) is 9.15. The fraction of sp³-hybridized carbons (Fsp3) is 0.458. The smallest absolute Gasteiger partial charge is 0.251 e. The lowest BCUT2D eigenvalue weighted by atomic mass is 9.62. The highest BCUT2D eigenvalue weighted by molar-refractivity contribution is 5.96. The Balaban J connectivity index is 1.88. The monoisotopic (exact) mass is 349 g/mol. The molecule has 1 aliphatic carbocycles. The van der Waals surface area contributed by atoms with E-state index in [1.807, 2.05) is 0 Å². The summed E-state index contributed by atoms with van der Waals surface area (Å²) in [5.41, 5.74) is 7.26. The zero-order valence-electron chi connectivity index (χ0n) is 17.0. The van der Waals surface area contributed by atoms with Crippen molar-refractivity contribution in [3.05, 3.63) is 69.8 Å². The quantitative estimate of drug-likeness (QED) is 0.770. The third-order valence-corrected chi connectivity index (χ3v) is 6.02. The Morgan fingerprint density at radius 3 is 2.04 bits per heavy atom. The summed E-state index contributed by atoms with van der Waals surface area (Å²) in [6.07, 6.45) is 2.34. The molecule has 0 atom stereocenters. The molecule has 0 aromatic heterocycles. The molecule has 26 heavy (non-hydrogen) atoms. The third kappa shape index (κ3) is 3.56. The van der Waals surface area contributed by atoms with Gasteiger partial charge in [0.05, 0.1) is 0 Å². The van der Waals surface area contributed by atoms with E-state index in [0.717, 1.165) is 23.1 Å². The van der Waals surface area contributed by atoms with Crippen LogP contribution < -0.4 is 5.32 Å². The molecule has 1 N–H and O–H groups in total.